The van der Waals surface area contributed by atoms with Crippen LogP contribution in [0.5, 0.6) is 11.5 Å². The monoisotopic (exact) mass is 357 g/mol. The molecule has 3 rings (SSSR count). The quantitative estimate of drug-likeness (QED) is 0.441. The summed E-state index contributed by atoms with van der Waals surface area (Å²) >= 11 is 0. The summed E-state index contributed by atoms with van der Waals surface area (Å²) in [5.74, 6) is -0.599. The number of carbonyl (C=O) groups is 2. The van der Waals surface area contributed by atoms with Gasteiger partial charge >= 0.3 is 5.82 Å². The van der Waals surface area contributed by atoms with E-state index in [1.165, 1.54) is 23.2 Å². The van der Waals surface area contributed by atoms with Crippen molar-refractivity contribution in [1.29, 1.82) is 0 Å². The molecule has 0 aliphatic carbocycles. The van der Waals surface area contributed by atoms with Crippen LogP contribution in [0.1, 0.15) is 17.3 Å². The Bertz CT molecular complexity index is 883. The van der Waals surface area contributed by atoms with Crippen LogP contribution in [0.3, 0.4) is 0 Å². The lowest BCUT2D eigenvalue weighted by molar-refractivity contribution is -0.390. The van der Waals surface area contributed by atoms with Gasteiger partial charge in [0.25, 0.3) is 5.91 Å². The molecular formula is C17H15N3O6. The Morgan fingerprint density at radius 3 is 2.96 bits per heavy atom. The molecule has 1 amide bonds. The van der Waals surface area contributed by atoms with Crippen molar-refractivity contribution in [2.24, 2.45) is 0 Å². The summed E-state index contributed by atoms with van der Waals surface area (Å²) in [7, 11) is 0. The predicted molar refractivity (Wildman–Crippen MR) is 90.7 cm³/mol. The molecule has 2 aromatic rings. The van der Waals surface area contributed by atoms with Crippen LogP contribution in [0.25, 0.3) is 0 Å². The largest absolute Gasteiger partial charge is 0.482 e. The van der Waals surface area contributed by atoms with Crippen LogP contribution < -0.4 is 14.4 Å². The summed E-state index contributed by atoms with van der Waals surface area (Å²) in [6.07, 6.45) is 1.27. The Hall–Kier alpha value is -3.49. The van der Waals surface area contributed by atoms with Gasteiger partial charge in [-0.1, -0.05) is 0 Å². The Kier molecular flexibility index (Phi) is 4.78. The number of amides is 1. The van der Waals surface area contributed by atoms with Gasteiger partial charge in [-0.15, -0.1) is 0 Å². The standard InChI is InChI=1S/C17H15N3O6/c1-2-19-12-8-11(5-6-14(12)26-10-16(19)22)13(21)9-25-15-4-3-7-18-17(15)20(23)24/h3-8H,2,9-10H2,1H3. The number of fused-ring (bicyclic) bond motifs is 1. The van der Waals surface area contributed by atoms with E-state index in [0.717, 1.165) is 0 Å². The number of ketones is 1. The number of ether oxygens (including phenoxy) is 2. The average Bonchev–Trinajstić information content (AvgIpc) is 2.65. The van der Waals surface area contributed by atoms with Crippen LogP contribution in [0.2, 0.25) is 0 Å². The minimum atomic E-state index is -0.680. The molecule has 0 saturated carbocycles. The number of hydrogen-bond acceptors (Lipinski definition) is 7. The van der Waals surface area contributed by atoms with E-state index in [1.54, 1.807) is 18.2 Å². The minimum Gasteiger partial charge on any atom is -0.482 e. The van der Waals surface area contributed by atoms with Gasteiger partial charge in [0, 0.05) is 12.1 Å². The molecule has 1 aliphatic rings. The summed E-state index contributed by atoms with van der Waals surface area (Å²) in [4.78, 5) is 39.7. The highest BCUT2D eigenvalue weighted by molar-refractivity contribution is 6.02. The summed E-state index contributed by atoms with van der Waals surface area (Å²) in [5.41, 5.74) is 0.828. The average molecular weight is 357 g/mol. The first-order chi connectivity index (χ1) is 12.5. The number of nitro groups is 1. The number of likely N-dealkylation sites (N-methyl/N-ethyl adjacent to an activating group) is 1. The van der Waals surface area contributed by atoms with E-state index in [0.29, 0.717) is 23.5 Å². The SMILES string of the molecule is CCN1C(=O)COc2ccc(C(=O)COc3cccnc3[N+](=O)[O-])cc21. The van der Waals surface area contributed by atoms with Crippen molar-refractivity contribution in [1.82, 2.24) is 4.98 Å². The van der Waals surface area contributed by atoms with Crippen LogP contribution >= 0.6 is 0 Å². The molecule has 134 valence electrons. The van der Waals surface area contributed by atoms with Crippen molar-refractivity contribution in [3.05, 3.63) is 52.2 Å². The fourth-order valence-corrected chi connectivity index (χ4v) is 2.58. The highest BCUT2D eigenvalue weighted by Gasteiger charge is 2.25. The van der Waals surface area contributed by atoms with Crippen LogP contribution in [-0.2, 0) is 4.79 Å². The summed E-state index contributed by atoms with van der Waals surface area (Å²) in [6.45, 7) is 1.84. The molecule has 0 saturated heterocycles. The van der Waals surface area contributed by atoms with E-state index in [-0.39, 0.29) is 24.0 Å². The second kappa shape index (κ2) is 7.18. The number of carbonyl (C=O) groups excluding carboxylic acids is 2. The fraction of sp³-hybridized carbons (Fsp3) is 0.235. The van der Waals surface area contributed by atoms with Crippen LogP contribution in [-0.4, -0.2) is 41.4 Å². The lowest BCUT2D eigenvalue weighted by Gasteiger charge is -2.28. The Balaban J connectivity index is 1.78. The first kappa shape index (κ1) is 17.3. The number of anilines is 1. The smallest absolute Gasteiger partial charge is 0.406 e. The van der Waals surface area contributed by atoms with Gasteiger partial charge in [0.1, 0.15) is 11.9 Å². The number of hydrogen-bond donors (Lipinski definition) is 0. The van der Waals surface area contributed by atoms with E-state index in [1.807, 2.05) is 6.92 Å². The lowest BCUT2D eigenvalue weighted by Crippen LogP contribution is -2.38. The maximum atomic E-state index is 12.4. The van der Waals surface area contributed by atoms with E-state index in [2.05, 4.69) is 4.98 Å². The van der Waals surface area contributed by atoms with Gasteiger partial charge in [0.15, 0.2) is 19.0 Å². The summed E-state index contributed by atoms with van der Waals surface area (Å²) in [5, 5.41) is 10.9. The van der Waals surface area contributed by atoms with Gasteiger partial charge in [-0.3, -0.25) is 9.59 Å². The van der Waals surface area contributed by atoms with Crippen molar-refractivity contribution in [3.8, 4) is 11.5 Å². The van der Waals surface area contributed by atoms with Crippen molar-refractivity contribution in [2.75, 3.05) is 24.7 Å². The molecule has 0 N–H and O–H groups in total. The summed E-state index contributed by atoms with van der Waals surface area (Å²) in [6, 6.07) is 7.58. The minimum absolute atomic E-state index is 0.0398. The second-order valence-electron chi connectivity index (χ2n) is 5.40. The number of nitrogens with zero attached hydrogens (tertiary/aromatic N) is 3. The van der Waals surface area contributed by atoms with E-state index in [9.17, 15) is 19.7 Å². The lowest BCUT2D eigenvalue weighted by atomic mass is 10.1. The number of aromatic nitrogens is 1. The predicted octanol–water partition coefficient (Wildman–Crippen LogP) is 2.00. The first-order valence-electron chi connectivity index (χ1n) is 7.84. The molecule has 1 aromatic heterocycles. The molecule has 1 aliphatic heterocycles. The molecule has 0 radical (unpaired) electrons. The van der Waals surface area contributed by atoms with E-state index >= 15 is 0 Å². The third-order valence-corrected chi connectivity index (χ3v) is 3.82. The van der Waals surface area contributed by atoms with Crippen LogP contribution in [0, 0.1) is 10.1 Å². The zero-order chi connectivity index (χ0) is 18.7. The normalized spacial score (nSPS) is 13.0. The highest BCUT2D eigenvalue weighted by atomic mass is 16.6. The Morgan fingerprint density at radius 1 is 1.42 bits per heavy atom. The molecule has 2 heterocycles. The number of Topliss-reactive ketones (excluding diaryl/α,β-unsaturated/α-hetero) is 1. The molecule has 9 nitrogen and oxygen atoms in total. The van der Waals surface area contributed by atoms with E-state index in [4.69, 9.17) is 9.47 Å². The van der Waals surface area contributed by atoms with E-state index < -0.39 is 17.3 Å². The van der Waals surface area contributed by atoms with Crippen molar-refractivity contribution in [3.63, 3.8) is 0 Å². The van der Waals surface area contributed by atoms with Gasteiger partial charge in [-0.25, -0.2) is 0 Å². The van der Waals surface area contributed by atoms with Crippen LogP contribution in [0.15, 0.2) is 36.5 Å². The molecule has 9 heteroatoms. The molecule has 0 unspecified atom stereocenters. The van der Waals surface area contributed by atoms with Crippen molar-refractivity contribution >= 4 is 23.2 Å². The van der Waals surface area contributed by atoms with Gasteiger partial charge in [0.05, 0.1) is 5.69 Å². The topological polar surface area (TPSA) is 112 Å². The highest BCUT2D eigenvalue weighted by Crippen LogP contribution is 2.33. The third kappa shape index (κ3) is 3.32. The zero-order valence-corrected chi connectivity index (χ0v) is 13.9. The summed E-state index contributed by atoms with van der Waals surface area (Å²) < 4.78 is 10.6. The first-order valence-corrected chi connectivity index (χ1v) is 7.84. The molecule has 0 spiro atoms. The fourth-order valence-electron chi connectivity index (χ4n) is 2.58. The second-order valence-corrected chi connectivity index (χ2v) is 5.40. The van der Waals surface area contributed by atoms with Gasteiger partial charge in [-0.05, 0) is 47.2 Å². The number of pyridine rings is 1. The Labute approximate surface area is 148 Å². The molecule has 0 bridgehead atoms. The third-order valence-electron chi connectivity index (χ3n) is 3.82. The number of benzene rings is 1. The maximum Gasteiger partial charge on any atom is 0.406 e. The molecule has 0 fully saturated rings. The zero-order valence-electron chi connectivity index (χ0n) is 13.9. The Morgan fingerprint density at radius 2 is 2.23 bits per heavy atom. The van der Waals surface area contributed by atoms with Crippen molar-refractivity contribution < 1.29 is 24.0 Å². The number of rotatable bonds is 6. The van der Waals surface area contributed by atoms with Gasteiger partial charge in [0.2, 0.25) is 5.75 Å². The van der Waals surface area contributed by atoms with Gasteiger partial charge < -0.3 is 24.5 Å². The van der Waals surface area contributed by atoms with Crippen molar-refractivity contribution in [2.45, 2.75) is 6.92 Å². The molecule has 1 aromatic carbocycles. The van der Waals surface area contributed by atoms with Gasteiger partial charge in [-0.2, -0.15) is 0 Å². The molecule has 26 heavy (non-hydrogen) atoms. The van der Waals surface area contributed by atoms with Crippen LogP contribution in [0.4, 0.5) is 11.5 Å². The molecular weight excluding hydrogens is 342 g/mol. The maximum absolute atomic E-state index is 12.4. The molecule has 0 atom stereocenters.